The molecule has 3 aromatic rings. The molecule has 14 heteroatoms. The number of hydrogen-bond acceptors (Lipinski definition) is 10. The molecule has 1 aromatic heterocycles. The average molecular weight is 706 g/mol. The Labute approximate surface area is 292 Å². The van der Waals surface area contributed by atoms with Crippen molar-refractivity contribution in [2.75, 3.05) is 31.6 Å². The first-order chi connectivity index (χ1) is 24.1. The van der Waals surface area contributed by atoms with Crippen molar-refractivity contribution in [1.29, 1.82) is 0 Å². The fraction of sp³-hybridized carbons (Fsp3) is 0.417. The number of sulfonamides is 1. The molecule has 5 unspecified atom stereocenters. The topological polar surface area (TPSA) is 168 Å². The smallest absolute Gasteiger partial charge is 0.407 e. The van der Waals surface area contributed by atoms with Gasteiger partial charge in [0.1, 0.15) is 6.10 Å². The quantitative estimate of drug-likeness (QED) is 0.183. The third-order valence-electron chi connectivity index (χ3n) is 8.98. The highest BCUT2D eigenvalue weighted by Crippen LogP contribution is 2.35. The van der Waals surface area contributed by atoms with Gasteiger partial charge in [0.2, 0.25) is 10.0 Å². The summed E-state index contributed by atoms with van der Waals surface area (Å²) in [6.07, 6.45) is 2.97. The van der Waals surface area contributed by atoms with Crippen LogP contribution < -0.4 is 16.0 Å². The molecule has 266 valence electrons. The first-order valence-corrected chi connectivity index (χ1v) is 18.2. The fourth-order valence-electron chi connectivity index (χ4n) is 6.43. The number of aromatic nitrogens is 1. The van der Waals surface area contributed by atoms with Gasteiger partial charge in [-0.2, -0.15) is 4.31 Å². The Morgan fingerprint density at radius 3 is 2.64 bits per heavy atom. The SMILES string of the molecule is CC(C)CN(CC(O)C(Cc1ccccc1)NC(=O)OC1COC2OCCC12)S(=O)(=O)c1ccc2c(c1)/C(=C/NCc1ccncc1)C(=O)N2. The second kappa shape index (κ2) is 15.7. The Hall–Kier alpha value is -4.34. The third kappa shape index (κ3) is 8.33. The molecule has 2 aromatic carbocycles. The standard InChI is InChI=1S/C36H43N5O8S/c1-23(2)20-41(50(45,46)26-8-9-30-28(17-26)29(34(43)39-30)19-38-18-25-10-13-37-14-11-25)21-32(42)31(16-24-6-4-3-5-7-24)40-36(44)49-33-22-48-35-27(33)12-15-47-35/h3-11,13-14,17,19,23,27,31-33,35,38,42H,12,15-16,18,20-22H2,1-2H3,(H,39,43)(H,40,44)/b29-19-. The van der Waals surface area contributed by atoms with Gasteiger partial charge in [-0.05, 0) is 60.2 Å². The fourth-order valence-corrected chi connectivity index (χ4v) is 8.08. The van der Waals surface area contributed by atoms with Gasteiger partial charge in [0, 0.05) is 49.5 Å². The summed E-state index contributed by atoms with van der Waals surface area (Å²) in [6.45, 7) is 4.77. The molecule has 0 radical (unpaired) electrons. The molecular weight excluding hydrogens is 662 g/mol. The summed E-state index contributed by atoms with van der Waals surface area (Å²) in [5.74, 6) is -0.500. The molecule has 50 heavy (non-hydrogen) atoms. The van der Waals surface area contributed by atoms with Crippen molar-refractivity contribution in [3.63, 3.8) is 0 Å². The number of fused-ring (bicyclic) bond motifs is 2. The number of benzene rings is 2. The summed E-state index contributed by atoms with van der Waals surface area (Å²) >= 11 is 0. The van der Waals surface area contributed by atoms with Gasteiger partial charge in [-0.3, -0.25) is 9.78 Å². The number of nitrogens with zero attached hydrogens (tertiary/aromatic N) is 2. The molecule has 6 rings (SSSR count). The zero-order valence-electron chi connectivity index (χ0n) is 28.0. The van der Waals surface area contributed by atoms with Crippen LogP contribution in [-0.4, -0.2) is 85.7 Å². The van der Waals surface area contributed by atoms with Crippen LogP contribution in [0.5, 0.6) is 0 Å². The van der Waals surface area contributed by atoms with E-state index in [0.29, 0.717) is 36.4 Å². The van der Waals surface area contributed by atoms with Gasteiger partial charge in [0.15, 0.2) is 6.29 Å². The van der Waals surface area contributed by atoms with Gasteiger partial charge in [0.05, 0.1) is 41.7 Å². The van der Waals surface area contributed by atoms with E-state index in [9.17, 15) is 23.1 Å². The van der Waals surface area contributed by atoms with E-state index in [1.807, 2.05) is 56.3 Å². The number of carbonyl (C=O) groups excluding carboxylic acids is 2. The van der Waals surface area contributed by atoms with Crippen LogP contribution in [0, 0.1) is 11.8 Å². The number of alkyl carbamates (subject to hydrolysis) is 1. The summed E-state index contributed by atoms with van der Waals surface area (Å²) in [6, 6.07) is 16.6. The molecule has 0 saturated carbocycles. The number of nitrogens with one attached hydrogen (secondary N) is 3. The molecule has 2 amide bonds. The number of carbonyl (C=O) groups is 2. The molecule has 4 N–H and O–H groups in total. The second-order valence-corrected chi connectivity index (χ2v) is 15.1. The Balaban J connectivity index is 1.20. The van der Waals surface area contributed by atoms with E-state index in [0.717, 1.165) is 11.1 Å². The summed E-state index contributed by atoms with van der Waals surface area (Å²) in [5, 5.41) is 20.4. The molecule has 0 aliphatic carbocycles. The van der Waals surface area contributed by atoms with Gasteiger partial charge in [-0.1, -0.05) is 44.2 Å². The van der Waals surface area contributed by atoms with E-state index in [-0.39, 0.29) is 48.8 Å². The van der Waals surface area contributed by atoms with Crippen molar-refractivity contribution in [3.05, 3.63) is 95.9 Å². The van der Waals surface area contributed by atoms with E-state index in [4.69, 9.17) is 14.2 Å². The number of anilines is 1. The van der Waals surface area contributed by atoms with E-state index in [1.54, 1.807) is 24.7 Å². The van der Waals surface area contributed by atoms with Crippen molar-refractivity contribution in [3.8, 4) is 0 Å². The molecular formula is C36H43N5O8S. The lowest BCUT2D eigenvalue weighted by Gasteiger charge is -2.31. The first-order valence-electron chi connectivity index (χ1n) is 16.8. The monoisotopic (exact) mass is 705 g/mol. The van der Waals surface area contributed by atoms with Gasteiger partial charge < -0.3 is 35.3 Å². The number of aliphatic hydroxyl groups excluding tert-OH is 1. The number of rotatable bonds is 14. The van der Waals surface area contributed by atoms with Gasteiger partial charge in [0.25, 0.3) is 5.91 Å². The minimum Gasteiger partial charge on any atom is -0.443 e. The minimum absolute atomic E-state index is 0.0258. The molecule has 13 nitrogen and oxygen atoms in total. The molecule has 0 spiro atoms. The van der Waals surface area contributed by atoms with E-state index in [1.165, 1.54) is 16.4 Å². The lowest BCUT2D eigenvalue weighted by atomic mass is 10.0. The summed E-state index contributed by atoms with van der Waals surface area (Å²) < 4.78 is 46.6. The third-order valence-corrected chi connectivity index (χ3v) is 10.8. The Kier molecular flexibility index (Phi) is 11.1. The largest absolute Gasteiger partial charge is 0.443 e. The highest BCUT2D eigenvalue weighted by atomic mass is 32.2. The van der Waals surface area contributed by atoms with Gasteiger partial charge in [-0.15, -0.1) is 0 Å². The van der Waals surface area contributed by atoms with Crippen LogP contribution in [0.15, 0.2) is 84.2 Å². The molecule has 4 heterocycles. The zero-order chi connectivity index (χ0) is 35.3. The lowest BCUT2D eigenvalue weighted by molar-refractivity contribution is -0.110. The van der Waals surface area contributed by atoms with Crippen LogP contribution in [0.25, 0.3) is 5.57 Å². The van der Waals surface area contributed by atoms with Gasteiger partial charge in [-0.25, -0.2) is 13.2 Å². The molecule has 3 aliphatic heterocycles. The van der Waals surface area contributed by atoms with Gasteiger partial charge >= 0.3 is 6.09 Å². The Morgan fingerprint density at radius 1 is 1.10 bits per heavy atom. The second-order valence-electron chi connectivity index (χ2n) is 13.1. The normalized spacial score (nSPS) is 21.9. The molecule has 5 atom stereocenters. The average Bonchev–Trinajstić information content (AvgIpc) is 3.80. The van der Waals surface area contributed by atoms with Crippen molar-refractivity contribution in [1.82, 2.24) is 19.9 Å². The highest BCUT2D eigenvalue weighted by Gasteiger charge is 2.44. The van der Waals surface area contributed by atoms with Crippen LogP contribution in [0.2, 0.25) is 0 Å². The van der Waals surface area contributed by atoms with Crippen LogP contribution >= 0.6 is 0 Å². The van der Waals surface area contributed by atoms with Crippen molar-refractivity contribution >= 4 is 33.3 Å². The Morgan fingerprint density at radius 2 is 1.88 bits per heavy atom. The van der Waals surface area contributed by atoms with Crippen molar-refractivity contribution < 1.29 is 37.3 Å². The maximum Gasteiger partial charge on any atom is 0.407 e. The molecule has 2 saturated heterocycles. The summed E-state index contributed by atoms with van der Waals surface area (Å²) in [4.78, 5) is 30.0. The molecule has 2 fully saturated rings. The first kappa shape index (κ1) is 35.5. The number of pyridine rings is 1. The van der Waals surface area contributed by atoms with Crippen molar-refractivity contribution in [2.45, 2.75) is 62.7 Å². The maximum atomic E-state index is 14.3. The van der Waals surface area contributed by atoms with Crippen LogP contribution in [0.1, 0.15) is 37.0 Å². The Bertz CT molecular complexity index is 1790. The number of aliphatic hydroxyl groups is 1. The highest BCUT2D eigenvalue weighted by molar-refractivity contribution is 7.89. The minimum atomic E-state index is -4.18. The van der Waals surface area contributed by atoms with E-state index < -0.39 is 40.7 Å². The molecule has 3 aliphatic rings. The number of hydrogen-bond donors (Lipinski definition) is 4. The zero-order valence-corrected chi connectivity index (χ0v) is 28.8. The van der Waals surface area contributed by atoms with Crippen molar-refractivity contribution in [2.24, 2.45) is 11.8 Å². The maximum absolute atomic E-state index is 14.3. The van der Waals surface area contributed by atoms with Crippen LogP contribution in [0.4, 0.5) is 10.5 Å². The predicted octanol–water partition coefficient (Wildman–Crippen LogP) is 3.27. The number of amides is 2. The van der Waals surface area contributed by atoms with Crippen LogP contribution in [-0.2, 0) is 42.0 Å². The van der Waals surface area contributed by atoms with E-state index in [2.05, 4.69) is 20.9 Å². The summed E-state index contributed by atoms with van der Waals surface area (Å²) in [7, 11) is -4.18. The molecule has 0 bridgehead atoms. The number of ether oxygens (including phenoxy) is 3. The predicted molar refractivity (Wildman–Crippen MR) is 185 cm³/mol. The summed E-state index contributed by atoms with van der Waals surface area (Å²) in [5.41, 5.74) is 3.05. The lowest BCUT2D eigenvalue weighted by Crippen LogP contribution is -2.51. The van der Waals surface area contributed by atoms with Crippen LogP contribution in [0.3, 0.4) is 0 Å². The van der Waals surface area contributed by atoms with E-state index >= 15 is 0 Å².